The van der Waals surface area contributed by atoms with E-state index in [4.69, 9.17) is 5.73 Å². The van der Waals surface area contributed by atoms with Crippen LogP contribution in [0.5, 0.6) is 0 Å². The summed E-state index contributed by atoms with van der Waals surface area (Å²) < 4.78 is 0. The molecule has 0 radical (unpaired) electrons. The van der Waals surface area contributed by atoms with Crippen LogP contribution in [0.4, 0.5) is 5.69 Å². The lowest BCUT2D eigenvalue weighted by atomic mass is 9.82. The number of pyridine rings is 1. The second-order valence-corrected chi connectivity index (χ2v) is 5.51. The van der Waals surface area contributed by atoms with Gasteiger partial charge in [-0.1, -0.05) is 19.3 Å². The second kappa shape index (κ2) is 7.17. The summed E-state index contributed by atoms with van der Waals surface area (Å²) in [5, 5.41) is 5.52. The van der Waals surface area contributed by atoms with E-state index in [0.29, 0.717) is 12.2 Å². The van der Waals surface area contributed by atoms with Crippen molar-refractivity contribution in [2.75, 3.05) is 11.9 Å². The Bertz CT molecular complexity index is 484. The van der Waals surface area contributed by atoms with E-state index in [-0.39, 0.29) is 18.2 Å². The van der Waals surface area contributed by atoms with Gasteiger partial charge < -0.3 is 16.4 Å². The lowest BCUT2D eigenvalue weighted by molar-refractivity contribution is -0.127. The van der Waals surface area contributed by atoms with Crippen LogP contribution in [0.1, 0.15) is 38.5 Å². The lowest BCUT2D eigenvalue weighted by Crippen LogP contribution is -2.55. The van der Waals surface area contributed by atoms with E-state index >= 15 is 0 Å². The third-order valence-electron chi connectivity index (χ3n) is 3.80. The van der Waals surface area contributed by atoms with Crippen LogP contribution in [0.2, 0.25) is 0 Å². The van der Waals surface area contributed by atoms with Crippen LogP contribution in [0, 0.1) is 0 Å². The van der Waals surface area contributed by atoms with E-state index in [1.807, 2.05) is 0 Å². The summed E-state index contributed by atoms with van der Waals surface area (Å²) in [6.07, 6.45) is 8.02. The van der Waals surface area contributed by atoms with Gasteiger partial charge in [0.25, 0.3) is 0 Å². The van der Waals surface area contributed by atoms with Crippen molar-refractivity contribution in [3.63, 3.8) is 0 Å². The lowest BCUT2D eigenvalue weighted by Gasteiger charge is -2.31. The molecule has 6 heteroatoms. The van der Waals surface area contributed by atoms with Gasteiger partial charge in [0.05, 0.1) is 5.54 Å². The maximum absolute atomic E-state index is 12.1. The fourth-order valence-electron chi connectivity index (χ4n) is 2.53. The highest BCUT2D eigenvalue weighted by Crippen LogP contribution is 2.25. The predicted molar refractivity (Wildman–Crippen MR) is 80.5 cm³/mol. The van der Waals surface area contributed by atoms with Crippen LogP contribution in [0.25, 0.3) is 0 Å². The van der Waals surface area contributed by atoms with Gasteiger partial charge in [0, 0.05) is 31.0 Å². The molecule has 0 bridgehead atoms. The van der Waals surface area contributed by atoms with Gasteiger partial charge in [-0.05, 0) is 25.0 Å². The summed E-state index contributed by atoms with van der Waals surface area (Å²) in [4.78, 5) is 27.7. The minimum Gasteiger partial charge on any atom is -0.354 e. The normalized spacial score (nSPS) is 17.0. The first kappa shape index (κ1) is 15.4. The third-order valence-corrected chi connectivity index (χ3v) is 3.80. The van der Waals surface area contributed by atoms with Crippen molar-refractivity contribution in [2.24, 2.45) is 5.73 Å². The van der Waals surface area contributed by atoms with Crippen molar-refractivity contribution >= 4 is 17.5 Å². The Kier molecular flexibility index (Phi) is 5.27. The summed E-state index contributed by atoms with van der Waals surface area (Å²) in [6.45, 7) is 0.300. The number of nitrogens with two attached hydrogens (primary N) is 1. The molecule has 0 aromatic carbocycles. The Morgan fingerprint density at radius 1 is 1.19 bits per heavy atom. The molecule has 0 atom stereocenters. The van der Waals surface area contributed by atoms with Crippen LogP contribution in [0.3, 0.4) is 0 Å². The zero-order valence-electron chi connectivity index (χ0n) is 12.1. The predicted octanol–water partition coefficient (Wildman–Crippen LogP) is 1.19. The molecule has 114 valence electrons. The number of carbonyl (C=O) groups is 2. The number of nitrogens with zero attached hydrogens (tertiary/aromatic N) is 1. The first-order valence-corrected chi connectivity index (χ1v) is 7.37. The minimum atomic E-state index is -0.750. The van der Waals surface area contributed by atoms with Gasteiger partial charge in [-0.3, -0.25) is 14.6 Å². The van der Waals surface area contributed by atoms with E-state index in [9.17, 15) is 9.59 Å². The number of rotatable bonds is 5. The zero-order chi connectivity index (χ0) is 15.1. The quantitative estimate of drug-likeness (QED) is 0.758. The number of anilines is 1. The fourth-order valence-corrected chi connectivity index (χ4v) is 2.53. The van der Waals surface area contributed by atoms with E-state index in [1.165, 1.54) is 0 Å². The highest BCUT2D eigenvalue weighted by Gasteiger charge is 2.34. The van der Waals surface area contributed by atoms with Gasteiger partial charge >= 0.3 is 0 Å². The molecule has 2 rings (SSSR count). The van der Waals surface area contributed by atoms with E-state index < -0.39 is 5.54 Å². The summed E-state index contributed by atoms with van der Waals surface area (Å²) in [6, 6.07) is 3.43. The van der Waals surface area contributed by atoms with Crippen LogP contribution < -0.4 is 16.4 Å². The Labute approximate surface area is 124 Å². The van der Waals surface area contributed by atoms with Gasteiger partial charge in [0.1, 0.15) is 0 Å². The van der Waals surface area contributed by atoms with Gasteiger partial charge in [0.15, 0.2) is 0 Å². The molecule has 0 spiro atoms. The topological polar surface area (TPSA) is 97.1 Å². The number of hydrogen-bond donors (Lipinski definition) is 3. The average molecular weight is 290 g/mol. The Morgan fingerprint density at radius 3 is 2.52 bits per heavy atom. The molecule has 1 aliphatic carbocycles. The molecule has 1 aromatic heterocycles. The molecule has 0 aliphatic heterocycles. The van der Waals surface area contributed by atoms with Crippen LogP contribution in [-0.4, -0.2) is 28.9 Å². The molecule has 1 heterocycles. The largest absolute Gasteiger partial charge is 0.354 e. The third kappa shape index (κ3) is 4.53. The number of aromatic nitrogens is 1. The smallest absolute Gasteiger partial charge is 0.240 e. The first-order chi connectivity index (χ1) is 10.1. The molecular weight excluding hydrogens is 268 g/mol. The Hall–Kier alpha value is -1.95. The molecule has 21 heavy (non-hydrogen) atoms. The van der Waals surface area contributed by atoms with Crippen molar-refractivity contribution in [1.82, 2.24) is 10.3 Å². The van der Waals surface area contributed by atoms with E-state index in [2.05, 4.69) is 15.6 Å². The molecule has 2 amide bonds. The minimum absolute atomic E-state index is 0.140. The van der Waals surface area contributed by atoms with Gasteiger partial charge in [-0.15, -0.1) is 0 Å². The maximum Gasteiger partial charge on any atom is 0.240 e. The van der Waals surface area contributed by atoms with Crippen LogP contribution in [0.15, 0.2) is 24.5 Å². The van der Waals surface area contributed by atoms with Crippen molar-refractivity contribution in [3.05, 3.63) is 24.5 Å². The molecule has 4 N–H and O–H groups in total. The maximum atomic E-state index is 12.1. The number of carbonyl (C=O) groups excluding carboxylic acids is 2. The molecule has 0 unspecified atom stereocenters. The van der Waals surface area contributed by atoms with Crippen molar-refractivity contribution < 1.29 is 9.59 Å². The molecule has 1 aliphatic rings. The summed E-state index contributed by atoms with van der Waals surface area (Å²) in [7, 11) is 0. The number of amides is 2. The second-order valence-electron chi connectivity index (χ2n) is 5.51. The summed E-state index contributed by atoms with van der Waals surface area (Å²) >= 11 is 0. The molecule has 6 nitrogen and oxygen atoms in total. The molecule has 0 saturated heterocycles. The van der Waals surface area contributed by atoms with E-state index in [1.54, 1.807) is 24.5 Å². The number of hydrogen-bond acceptors (Lipinski definition) is 4. The van der Waals surface area contributed by atoms with Crippen molar-refractivity contribution in [3.8, 4) is 0 Å². The highest BCUT2D eigenvalue weighted by molar-refractivity contribution is 5.91. The molecule has 1 fully saturated rings. The summed E-state index contributed by atoms with van der Waals surface area (Å²) in [5.74, 6) is -0.282. The Balaban J connectivity index is 1.71. The fraction of sp³-hybridized carbons (Fsp3) is 0.533. The highest BCUT2D eigenvalue weighted by atomic mass is 16.2. The van der Waals surface area contributed by atoms with E-state index in [0.717, 1.165) is 32.1 Å². The van der Waals surface area contributed by atoms with Crippen LogP contribution >= 0.6 is 0 Å². The van der Waals surface area contributed by atoms with Crippen molar-refractivity contribution in [2.45, 2.75) is 44.1 Å². The average Bonchev–Trinajstić information content (AvgIpc) is 2.49. The van der Waals surface area contributed by atoms with Gasteiger partial charge in [0.2, 0.25) is 11.8 Å². The first-order valence-electron chi connectivity index (χ1n) is 7.37. The number of nitrogens with one attached hydrogen (secondary N) is 2. The zero-order valence-corrected chi connectivity index (χ0v) is 12.1. The molecule has 1 aromatic rings. The monoisotopic (exact) mass is 290 g/mol. The van der Waals surface area contributed by atoms with Crippen molar-refractivity contribution in [1.29, 1.82) is 0 Å². The molecular formula is C15H22N4O2. The Morgan fingerprint density at radius 2 is 1.86 bits per heavy atom. The van der Waals surface area contributed by atoms with Gasteiger partial charge in [-0.25, -0.2) is 0 Å². The standard InChI is InChI=1S/C15H22N4O2/c16-15(7-2-1-3-8-15)14(21)18-11-6-13(20)19-12-4-9-17-10-5-12/h4-5,9-10H,1-3,6-8,11,16H2,(H,18,21)(H,17,19,20). The summed E-state index contributed by atoms with van der Waals surface area (Å²) in [5.41, 5.74) is 6.07. The van der Waals surface area contributed by atoms with Crippen LogP contribution in [-0.2, 0) is 9.59 Å². The molecule has 1 saturated carbocycles. The SMILES string of the molecule is NC1(C(=O)NCCC(=O)Nc2ccncc2)CCCCC1. The van der Waals surface area contributed by atoms with Gasteiger partial charge in [-0.2, -0.15) is 0 Å².